The number of hydrogen-bond acceptors (Lipinski definition) is 3. The molecule has 4 aliphatic rings. The van der Waals surface area contributed by atoms with Crippen molar-refractivity contribution in [3.63, 3.8) is 0 Å². The minimum atomic E-state index is -0.206. The van der Waals surface area contributed by atoms with Crippen molar-refractivity contribution in [2.24, 2.45) is 5.41 Å². The van der Waals surface area contributed by atoms with E-state index in [1.807, 2.05) is 11.0 Å². The van der Waals surface area contributed by atoms with E-state index in [0.29, 0.717) is 32.0 Å². The van der Waals surface area contributed by atoms with Crippen LogP contribution < -0.4 is 0 Å². The van der Waals surface area contributed by atoms with E-state index in [2.05, 4.69) is 29.2 Å². The maximum absolute atomic E-state index is 13.5. The second kappa shape index (κ2) is 8.29. The summed E-state index contributed by atoms with van der Waals surface area (Å²) in [5, 5.41) is 0. The summed E-state index contributed by atoms with van der Waals surface area (Å²) in [6, 6.07) is 10.9. The summed E-state index contributed by atoms with van der Waals surface area (Å²) in [7, 11) is 0. The molecule has 0 N–H and O–H groups in total. The van der Waals surface area contributed by atoms with Gasteiger partial charge in [0.1, 0.15) is 0 Å². The molecule has 0 aromatic heterocycles. The molecule has 31 heavy (non-hydrogen) atoms. The summed E-state index contributed by atoms with van der Waals surface area (Å²) in [6.45, 7) is 2.25. The first kappa shape index (κ1) is 20.5. The van der Waals surface area contributed by atoms with E-state index in [-0.39, 0.29) is 35.9 Å². The average molecular weight is 424 g/mol. The van der Waals surface area contributed by atoms with Crippen LogP contribution in [0.5, 0.6) is 0 Å². The molecule has 1 spiro atoms. The van der Waals surface area contributed by atoms with Crippen LogP contribution in [0.4, 0.5) is 0 Å². The van der Waals surface area contributed by atoms with Crippen molar-refractivity contribution in [1.82, 2.24) is 14.7 Å². The zero-order valence-electron chi connectivity index (χ0n) is 18.3. The fourth-order valence-corrected chi connectivity index (χ4v) is 6.38. The highest BCUT2D eigenvalue weighted by Gasteiger charge is 2.62. The van der Waals surface area contributed by atoms with Gasteiger partial charge in [-0.3, -0.25) is 14.4 Å². The topological polar surface area (TPSA) is 60.9 Å². The van der Waals surface area contributed by atoms with Gasteiger partial charge in [-0.25, -0.2) is 0 Å². The number of amides is 3. The maximum atomic E-state index is 13.5. The minimum Gasteiger partial charge on any atom is -0.341 e. The standard InChI is InChI=1S/C25H33N3O3/c29-21-10-7-15-27(21)18-22(30)26-16-11-20(12-17-26)28-23(19-8-3-1-4-9-19)25(24(28)31)13-5-2-6-14-25/h1,3-4,8-9,20,23H,2,5-7,10-18H2. The number of rotatable bonds is 4. The van der Waals surface area contributed by atoms with E-state index < -0.39 is 0 Å². The maximum Gasteiger partial charge on any atom is 0.242 e. The number of carbonyl (C=O) groups is 3. The third-order valence-electron chi connectivity index (χ3n) is 8.03. The lowest BCUT2D eigenvalue weighted by molar-refractivity contribution is -0.186. The summed E-state index contributed by atoms with van der Waals surface area (Å²) < 4.78 is 0. The Labute approximate surface area is 184 Å². The van der Waals surface area contributed by atoms with Gasteiger partial charge in [-0.05, 0) is 37.7 Å². The third-order valence-corrected chi connectivity index (χ3v) is 8.03. The van der Waals surface area contributed by atoms with Crippen molar-refractivity contribution in [1.29, 1.82) is 0 Å². The Bertz CT molecular complexity index is 841. The molecule has 3 amide bonds. The van der Waals surface area contributed by atoms with E-state index in [1.165, 1.54) is 12.0 Å². The molecule has 6 nitrogen and oxygen atoms in total. The fourth-order valence-electron chi connectivity index (χ4n) is 6.38. The van der Waals surface area contributed by atoms with Crippen LogP contribution in [0.1, 0.15) is 69.4 Å². The summed E-state index contributed by atoms with van der Waals surface area (Å²) in [5.74, 6) is 0.485. The molecule has 1 aliphatic carbocycles. The lowest BCUT2D eigenvalue weighted by atomic mass is 9.59. The lowest BCUT2D eigenvalue weighted by Crippen LogP contribution is -2.68. The highest BCUT2D eigenvalue weighted by Crippen LogP contribution is 2.59. The SMILES string of the molecule is O=C(CN1CCCC1=O)N1CCC(N2C(=O)C3(CCCCC3)C2c2ccccc2)CC1. The average Bonchev–Trinajstić information content (AvgIpc) is 3.22. The Hall–Kier alpha value is -2.37. The number of β-lactam (4-membered cyclic amide) rings is 1. The van der Waals surface area contributed by atoms with Crippen molar-refractivity contribution in [3.8, 4) is 0 Å². The summed E-state index contributed by atoms with van der Waals surface area (Å²) in [5.41, 5.74) is 1.05. The van der Waals surface area contributed by atoms with E-state index in [4.69, 9.17) is 0 Å². The van der Waals surface area contributed by atoms with Gasteiger partial charge in [0.05, 0.1) is 18.0 Å². The van der Waals surface area contributed by atoms with Crippen LogP contribution >= 0.6 is 0 Å². The smallest absolute Gasteiger partial charge is 0.242 e. The van der Waals surface area contributed by atoms with E-state index in [0.717, 1.165) is 44.9 Å². The molecule has 5 rings (SSSR count). The van der Waals surface area contributed by atoms with E-state index in [9.17, 15) is 14.4 Å². The van der Waals surface area contributed by atoms with Crippen LogP contribution in [0.2, 0.25) is 0 Å². The Morgan fingerprint density at radius 1 is 0.935 bits per heavy atom. The largest absolute Gasteiger partial charge is 0.341 e. The molecule has 1 saturated carbocycles. The molecule has 3 saturated heterocycles. The number of carbonyl (C=O) groups excluding carboxylic acids is 3. The predicted octanol–water partition coefficient (Wildman–Crippen LogP) is 3.13. The molecular weight excluding hydrogens is 390 g/mol. The van der Waals surface area contributed by atoms with Gasteiger partial charge in [-0.2, -0.15) is 0 Å². The normalized spacial score (nSPS) is 26.5. The Morgan fingerprint density at radius 2 is 1.65 bits per heavy atom. The molecular formula is C25H33N3O3. The van der Waals surface area contributed by atoms with Crippen molar-refractivity contribution in [2.75, 3.05) is 26.2 Å². The Balaban J connectivity index is 1.26. The van der Waals surface area contributed by atoms with Gasteiger partial charge < -0.3 is 14.7 Å². The predicted molar refractivity (Wildman–Crippen MR) is 117 cm³/mol. The molecule has 0 radical (unpaired) electrons. The minimum absolute atomic E-state index is 0.0481. The third kappa shape index (κ3) is 3.54. The van der Waals surface area contributed by atoms with Gasteiger partial charge in [-0.15, -0.1) is 0 Å². The molecule has 1 atom stereocenters. The monoisotopic (exact) mass is 423 g/mol. The second-order valence-electron chi connectivity index (χ2n) is 9.77. The van der Waals surface area contributed by atoms with Crippen LogP contribution in [0.3, 0.4) is 0 Å². The Morgan fingerprint density at radius 3 is 2.29 bits per heavy atom. The fraction of sp³-hybridized carbons (Fsp3) is 0.640. The number of hydrogen-bond donors (Lipinski definition) is 0. The number of piperidine rings is 1. The van der Waals surface area contributed by atoms with Gasteiger partial charge in [0.15, 0.2) is 0 Å². The lowest BCUT2D eigenvalue weighted by Gasteiger charge is -2.61. The van der Waals surface area contributed by atoms with Crippen molar-refractivity contribution >= 4 is 17.7 Å². The molecule has 3 heterocycles. The zero-order valence-corrected chi connectivity index (χ0v) is 18.3. The molecule has 6 heteroatoms. The molecule has 166 valence electrons. The van der Waals surface area contributed by atoms with Crippen molar-refractivity contribution < 1.29 is 14.4 Å². The summed E-state index contributed by atoms with van der Waals surface area (Å²) >= 11 is 0. The second-order valence-corrected chi connectivity index (χ2v) is 9.77. The van der Waals surface area contributed by atoms with Crippen LogP contribution in [0.15, 0.2) is 30.3 Å². The van der Waals surface area contributed by atoms with Crippen molar-refractivity contribution in [3.05, 3.63) is 35.9 Å². The van der Waals surface area contributed by atoms with Crippen LogP contribution in [-0.2, 0) is 14.4 Å². The van der Waals surface area contributed by atoms with Gasteiger partial charge in [0, 0.05) is 32.1 Å². The number of benzene rings is 1. The molecule has 1 unspecified atom stereocenters. The quantitative estimate of drug-likeness (QED) is 0.699. The van der Waals surface area contributed by atoms with Gasteiger partial charge in [0.2, 0.25) is 17.7 Å². The van der Waals surface area contributed by atoms with Crippen LogP contribution in [-0.4, -0.2) is 64.6 Å². The van der Waals surface area contributed by atoms with E-state index in [1.54, 1.807) is 4.90 Å². The van der Waals surface area contributed by atoms with Gasteiger partial charge in [0.25, 0.3) is 0 Å². The van der Waals surface area contributed by atoms with Gasteiger partial charge in [-0.1, -0.05) is 49.6 Å². The highest BCUT2D eigenvalue weighted by molar-refractivity contribution is 5.91. The van der Waals surface area contributed by atoms with E-state index >= 15 is 0 Å². The molecule has 1 aromatic rings. The van der Waals surface area contributed by atoms with Crippen LogP contribution in [0, 0.1) is 5.41 Å². The zero-order chi connectivity index (χ0) is 21.4. The highest BCUT2D eigenvalue weighted by atomic mass is 16.2. The number of nitrogens with zero attached hydrogens (tertiary/aromatic N) is 3. The first-order valence-electron chi connectivity index (χ1n) is 12.0. The van der Waals surface area contributed by atoms with Gasteiger partial charge >= 0.3 is 0 Å². The first-order chi connectivity index (χ1) is 15.1. The first-order valence-corrected chi connectivity index (χ1v) is 12.0. The van der Waals surface area contributed by atoms with Crippen LogP contribution in [0.25, 0.3) is 0 Å². The molecule has 1 aromatic carbocycles. The molecule has 0 bridgehead atoms. The number of likely N-dealkylation sites (tertiary alicyclic amines) is 3. The summed E-state index contributed by atoms with van der Waals surface area (Å²) in [6.07, 6.45) is 8.59. The molecule has 4 fully saturated rings. The molecule has 3 aliphatic heterocycles. The summed E-state index contributed by atoms with van der Waals surface area (Å²) in [4.78, 5) is 43.8. The van der Waals surface area contributed by atoms with Crippen molar-refractivity contribution in [2.45, 2.75) is 69.9 Å². The Kier molecular flexibility index (Phi) is 5.49.